The van der Waals surface area contributed by atoms with Crippen molar-refractivity contribution in [3.8, 4) is 0 Å². The van der Waals surface area contributed by atoms with Crippen LogP contribution in [0.2, 0.25) is 0 Å². The number of carbonyl (C=O) groups is 1. The first-order valence-electron chi connectivity index (χ1n) is 7.21. The van der Waals surface area contributed by atoms with Crippen LogP contribution in [-0.2, 0) is 9.53 Å². The summed E-state index contributed by atoms with van der Waals surface area (Å²) >= 11 is 0. The van der Waals surface area contributed by atoms with Gasteiger partial charge in [0.2, 0.25) is 5.91 Å². The number of hydrogen-bond donors (Lipinski definition) is 1. The summed E-state index contributed by atoms with van der Waals surface area (Å²) in [6.45, 7) is 10.3. The van der Waals surface area contributed by atoms with Gasteiger partial charge in [-0.3, -0.25) is 4.79 Å². The number of ether oxygens (including phenoxy) is 1. The summed E-state index contributed by atoms with van der Waals surface area (Å²) in [6, 6.07) is -0.0919. The van der Waals surface area contributed by atoms with Crippen LogP contribution in [0.3, 0.4) is 0 Å². The Labute approximate surface area is 111 Å². The van der Waals surface area contributed by atoms with Crippen LogP contribution >= 0.6 is 0 Å². The van der Waals surface area contributed by atoms with E-state index in [1.54, 1.807) is 0 Å². The van der Waals surface area contributed by atoms with E-state index >= 15 is 0 Å². The summed E-state index contributed by atoms with van der Waals surface area (Å²) in [6.07, 6.45) is 3.56. The predicted molar refractivity (Wildman–Crippen MR) is 73.6 cm³/mol. The molecule has 0 aliphatic carbocycles. The van der Waals surface area contributed by atoms with Crippen LogP contribution in [0.5, 0.6) is 0 Å². The zero-order valence-electron chi connectivity index (χ0n) is 12.1. The summed E-state index contributed by atoms with van der Waals surface area (Å²) in [5, 5.41) is 3.24. The molecule has 0 spiro atoms. The van der Waals surface area contributed by atoms with Gasteiger partial charge in [-0.2, -0.15) is 0 Å². The molecule has 1 atom stereocenters. The molecule has 4 nitrogen and oxygen atoms in total. The van der Waals surface area contributed by atoms with Crippen molar-refractivity contribution in [2.45, 2.75) is 46.1 Å². The first kappa shape index (κ1) is 15.4. The van der Waals surface area contributed by atoms with Gasteiger partial charge in [-0.1, -0.05) is 13.8 Å². The molecule has 1 N–H and O–H groups in total. The number of rotatable bonds is 7. The first-order valence-corrected chi connectivity index (χ1v) is 7.21. The standard InChI is InChI=1S/C14H28N2O2/c1-12(2)11-18-10-7-15-13(3)14(17)16-8-5-4-6-9-16/h12-13,15H,4-11H2,1-3H3. The van der Waals surface area contributed by atoms with Crippen molar-refractivity contribution in [1.29, 1.82) is 0 Å². The normalized spacial score (nSPS) is 18.1. The molecule has 106 valence electrons. The molecule has 0 aromatic rings. The van der Waals surface area contributed by atoms with Gasteiger partial charge in [0.25, 0.3) is 0 Å². The molecule has 1 amide bonds. The summed E-state index contributed by atoms with van der Waals surface area (Å²) < 4.78 is 5.48. The van der Waals surface area contributed by atoms with E-state index in [4.69, 9.17) is 4.74 Å². The van der Waals surface area contributed by atoms with Crippen molar-refractivity contribution < 1.29 is 9.53 Å². The van der Waals surface area contributed by atoms with Crippen LogP contribution in [0.4, 0.5) is 0 Å². The molecule has 1 heterocycles. The summed E-state index contributed by atoms with van der Waals surface area (Å²) in [5.41, 5.74) is 0. The second-order valence-corrected chi connectivity index (χ2v) is 5.53. The topological polar surface area (TPSA) is 41.6 Å². The summed E-state index contributed by atoms with van der Waals surface area (Å²) in [4.78, 5) is 14.1. The molecule has 0 bridgehead atoms. The number of likely N-dealkylation sites (tertiary alicyclic amines) is 1. The van der Waals surface area contributed by atoms with Gasteiger partial charge < -0.3 is 15.0 Å². The van der Waals surface area contributed by atoms with Gasteiger partial charge in [0.15, 0.2) is 0 Å². The maximum absolute atomic E-state index is 12.1. The average Bonchev–Trinajstić information content (AvgIpc) is 2.38. The van der Waals surface area contributed by atoms with Crippen molar-refractivity contribution >= 4 is 5.91 Å². The molecule has 0 saturated carbocycles. The van der Waals surface area contributed by atoms with Gasteiger partial charge in [0.05, 0.1) is 12.6 Å². The zero-order valence-corrected chi connectivity index (χ0v) is 12.1. The Balaban J connectivity index is 2.11. The molecule has 1 saturated heterocycles. The number of piperidine rings is 1. The van der Waals surface area contributed by atoms with Crippen molar-refractivity contribution in [2.75, 3.05) is 32.8 Å². The molecule has 18 heavy (non-hydrogen) atoms. The van der Waals surface area contributed by atoms with Crippen LogP contribution in [0.1, 0.15) is 40.0 Å². The third-order valence-electron chi connectivity index (χ3n) is 3.19. The Bertz CT molecular complexity index is 238. The molecular weight excluding hydrogens is 228 g/mol. The second kappa shape index (κ2) is 8.48. The largest absolute Gasteiger partial charge is 0.380 e. The molecule has 1 aliphatic heterocycles. The van der Waals surface area contributed by atoms with Crippen molar-refractivity contribution in [3.63, 3.8) is 0 Å². The Morgan fingerprint density at radius 1 is 1.22 bits per heavy atom. The third-order valence-corrected chi connectivity index (χ3v) is 3.19. The summed E-state index contributed by atoms with van der Waals surface area (Å²) in [7, 11) is 0. The molecule has 1 unspecified atom stereocenters. The fourth-order valence-corrected chi connectivity index (χ4v) is 2.14. The molecule has 1 rings (SSSR count). The fraction of sp³-hybridized carbons (Fsp3) is 0.929. The Kier molecular flexibility index (Phi) is 7.28. The van der Waals surface area contributed by atoms with Crippen molar-refractivity contribution in [3.05, 3.63) is 0 Å². The van der Waals surface area contributed by atoms with Gasteiger partial charge >= 0.3 is 0 Å². The fourth-order valence-electron chi connectivity index (χ4n) is 2.14. The van der Waals surface area contributed by atoms with Gasteiger partial charge in [0.1, 0.15) is 0 Å². The molecule has 4 heteroatoms. The second-order valence-electron chi connectivity index (χ2n) is 5.53. The van der Waals surface area contributed by atoms with Gasteiger partial charge in [-0.15, -0.1) is 0 Å². The number of nitrogens with one attached hydrogen (secondary N) is 1. The number of carbonyl (C=O) groups excluding carboxylic acids is 1. The Hall–Kier alpha value is -0.610. The molecule has 1 aliphatic rings. The summed E-state index contributed by atoms with van der Waals surface area (Å²) in [5.74, 6) is 0.802. The lowest BCUT2D eigenvalue weighted by molar-refractivity contribution is -0.134. The highest BCUT2D eigenvalue weighted by molar-refractivity contribution is 5.81. The van der Waals surface area contributed by atoms with E-state index < -0.39 is 0 Å². The highest BCUT2D eigenvalue weighted by atomic mass is 16.5. The molecule has 0 aromatic carbocycles. The van der Waals surface area contributed by atoms with E-state index in [1.807, 2.05) is 11.8 Å². The number of hydrogen-bond acceptors (Lipinski definition) is 3. The Morgan fingerprint density at radius 2 is 1.89 bits per heavy atom. The number of nitrogens with zero attached hydrogens (tertiary/aromatic N) is 1. The van der Waals surface area contributed by atoms with E-state index in [1.165, 1.54) is 6.42 Å². The van der Waals surface area contributed by atoms with E-state index in [0.29, 0.717) is 12.5 Å². The van der Waals surface area contributed by atoms with Crippen molar-refractivity contribution in [2.24, 2.45) is 5.92 Å². The maximum atomic E-state index is 12.1. The minimum Gasteiger partial charge on any atom is -0.380 e. The zero-order chi connectivity index (χ0) is 13.4. The Morgan fingerprint density at radius 3 is 2.50 bits per heavy atom. The maximum Gasteiger partial charge on any atom is 0.239 e. The lowest BCUT2D eigenvalue weighted by Crippen LogP contribution is -2.47. The smallest absolute Gasteiger partial charge is 0.239 e. The van der Waals surface area contributed by atoms with Crippen LogP contribution in [-0.4, -0.2) is 49.7 Å². The van der Waals surface area contributed by atoms with E-state index in [9.17, 15) is 4.79 Å². The highest BCUT2D eigenvalue weighted by Crippen LogP contribution is 2.09. The highest BCUT2D eigenvalue weighted by Gasteiger charge is 2.21. The monoisotopic (exact) mass is 256 g/mol. The SMILES string of the molecule is CC(C)COCCNC(C)C(=O)N1CCCCC1. The van der Waals surface area contributed by atoms with Crippen LogP contribution in [0, 0.1) is 5.92 Å². The van der Waals surface area contributed by atoms with Gasteiger partial charge in [0, 0.05) is 26.2 Å². The van der Waals surface area contributed by atoms with E-state index in [-0.39, 0.29) is 11.9 Å². The third kappa shape index (κ3) is 5.83. The van der Waals surface area contributed by atoms with E-state index in [2.05, 4.69) is 19.2 Å². The molecule has 0 radical (unpaired) electrons. The van der Waals surface area contributed by atoms with E-state index in [0.717, 1.165) is 39.1 Å². The lowest BCUT2D eigenvalue weighted by atomic mass is 10.1. The predicted octanol–water partition coefficient (Wildman–Crippen LogP) is 1.65. The molecule has 1 fully saturated rings. The van der Waals surface area contributed by atoms with Crippen LogP contribution < -0.4 is 5.32 Å². The van der Waals surface area contributed by atoms with Crippen LogP contribution in [0.25, 0.3) is 0 Å². The lowest BCUT2D eigenvalue weighted by Gasteiger charge is -2.29. The van der Waals surface area contributed by atoms with Crippen molar-refractivity contribution in [1.82, 2.24) is 10.2 Å². The minimum absolute atomic E-state index is 0.0919. The number of amides is 1. The van der Waals surface area contributed by atoms with Gasteiger partial charge in [-0.05, 0) is 32.1 Å². The van der Waals surface area contributed by atoms with Gasteiger partial charge in [-0.25, -0.2) is 0 Å². The average molecular weight is 256 g/mol. The first-order chi connectivity index (χ1) is 8.61. The quantitative estimate of drug-likeness (QED) is 0.704. The van der Waals surface area contributed by atoms with Crippen LogP contribution in [0.15, 0.2) is 0 Å². The minimum atomic E-state index is -0.0919. The molecular formula is C14H28N2O2. The molecule has 0 aromatic heterocycles.